The number of benzene rings is 1. The van der Waals surface area contributed by atoms with Crippen LogP contribution in [0.15, 0.2) is 47.9 Å². The Labute approximate surface area is 187 Å². The molecule has 162 valence electrons. The van der Waals surface area contributed by atoms with Crippen molar-refractivity contribution in [3.05, 3.63) is 58.3 Å². The van der Waals surface area contributed by atoms with Crippen LogP contribution in [0.5, 0.6) is 5.75 Å². The molecule has 1 unspecified atom stereocenters. The van der Waals surface area contributed by atoms with Crippen LogP contribution < -0.4 is 10.1 Å². The molecule has 31 heavy (non-hydrogen) atoms. The van der Waals surface area contributed by atoms with Crippen LogP contribution >= 0.6 is 11.3 Å². The van der Waals surface area contributed by atoms with Crippen molar-refractivity contribution in [2.45, 2.75) is 56.1 Å². The van der Waals surface area contributed by atoms with E-state index in [4.69, 9.17) is 4.74 Å². The highest BCUT2D eigenvalue weighted by atomic mass is 32.1. The molecule has 0 bridgehead atoms. The molecule has 1 saturated carbocycles. The molecular weight excluding hydrogens is 408 g/mol. The van der Waals surface area contributed by atoms with E-state index >= 15 is 0 Å². The van der Waals surface area contributed by atoms with Gasteiger partial charge in [0.05, 0.1) is 0 Å². The minimum Gasteiger partial charge on any atom is -0.487 e. The molecular formula is C25H28N2O3S. The van der Waals surface area contributed by atoms with Crippen LogP contribution in [0.2, 0.25) is 0 Å². The number of ether oxygens (including phenoxy) is 1. The molecule has 1 spiro atoms. The maximum Gasteiger partial charge on any atom is 0.246 e. The Hall–Kier alpha value is -2.60. The van der Waals surface area contributed by atoms with Gasteiger partial charge in [0, 0.05) is 55.3 Å². The average molecular weight is 437 g/mol. The van der Waals surface area contributed by atoms with Gasteiger partial charge in [-0.15, -0.1) is 11.3 Å². The lowest BCUT2D eigenvalue weighted by Gasteiger charge is -2.46. The van der Waals surface area contributed by atoms with Crippen LogP contribution in [0.3, 0.4) is 0 Å². The van der Waals surface area contributed by atoms with Crippen molar-refractivity contribution in [1.29, 1.82) is 0 Å². The Bertz CT molecular complexity index is 972. The second-order valence-electron chi connectivity index (χ2n) is 8.94. The van der Waals surface area contributed by atoms with Crippen LogP contribution in [0.1, 0.15) is 54.9 Å². The van der Waals surface area contributed by atoms with Crippen LogP contribution in [0.25, 0.3) is 6.08 Å². The lowest BCUT2D eigenvalue weighted by atomic mass is 9.76. The molecule has 2 fully saturated rings. The molecule has 6 heteroatoms. The number of hydrogen-bond donors (Lipinski definition) is 1. The zero-order valence-corrected chi connectivity index (χ0v) is 18.4. The molecule has 3 aliphatic rings. The molecule has 3 heterocycles. The number of thiophene rings is 1. The lowest BCUT2D eigenvalue weighted by Crippen LogP contribution is -2.51. The first-order chi connectivity index (χ1) is 15.1. The maximum absolute atomic E-state index is 12.6. The third-order valence-corrected chi connectivity index (χ3v) is 7.44. The Morgan fingerprint density at radius 3 is 2.71 bits per heavy atom. The molecule has 1 aromatic carbocycles. The van der Waals surface area contributed by atoms with E-state index in [1.807, 2.05) is 46.7 Å². The van der Waals surface area contributed by atoms with Crippen molar-refractivity contribution in [1.82, 2.24) is 10.2 Å². The van der Waals surface area contributed by atoms with Gasteiger partial charge in [0.15, 0.2) is 0 Å². The first-order valence-electron chi connectivity index (χ1n) is 11.2. The van der Waals surface area contributed by atoms with E-state index in [-0.39, 0.29) is 23.3 Å². The van der Waals surface area contributed by atoms with Crippen molar-refractivity contribution in [2.24, 2.45) is 0 Å². The van der Waals surface area contributed by atoms with Gasteiger partial charge in [-0.25, -0.2) is 0 Å². The summed E-state index contributed by atoms with van der Waals surface area (Å²) in [5.74, 6) is 1.26. The topological polar surface area (TPSA) is 58.6 Å². The van der Waals surface area contributed by atoms with E-state index in [1.54, 1.807) is 17.4 Å². The largest absolute Gasteiger partial charge is 0.487 e. The minimum absolute atomic E-state index is 0.0554. The van der Waals surface area contributed by atoms with E-state index in [0.717, 1.165) is 48.3 Å². The molecule has 1 aromatic heterocycles. The summed E-state index contributed by atoms with van der Waals surface area (Å²) < 4.78 is 6.53. The van der Waals surface area contributed by atoms with E-state index in [9.17, 15) is 9.59 Å². The third kappa shape index (κ3) is 4.69. The number of carbonyl (C=O) groups excluding carboxylic acids is 2. The van der Waals surface area contributed by atoms with Gasteiger partial charge in [-0.05, 0) is 48.4 Å². The summed E-state index contributed by atoms with van der Waals surface area (Å²) in [7, 11) is 0. The van der Waals surface area contributed by atoms with Crippen molar-refractivity contribution in [3.63, 3.8) is 0 Å². The number of para-hydroxylation sites is 1. The zero-order valence-electron chi connectivity index (χ0n) is 17.6. The normalized spacial score (nSPS) is 22.2. The molecule has 1 atom stereocenters. The van der Waals surface area contributed by atoms with Gasteiger partial charge in [-0.1, -0.05) is 24.3 Å². The van der Waals surface area contributed by atoms with Gasteiger partial charge in [0.1, 0.15) is 11.4 Å². The van der Waals surface area contributed by atoms with Gasteiger partial charge >= 0.3 is 0 Å². The Kier molecular flexibility index (Phi) is 5.57. The summed E-state index contributed by atoms with van der Waals surface area (Å²) in [6, 6.07) is 12.5. The molecule has 2 amide bonds. The standard InChI is InChI=1S/C25H28N2O3S/c28-23(26-19-7-8-19)16-18-17-25(30-22-6-2-1-5-21(18)22)11-13-27(14-12-25)24(29)10-9-20-4-3-15-31-20/h1-6,9-10,15,18-19H,7-8,11-14,16-17H2,(H,26,28)/b10-9+. The highest BCUT2D eigenvalue weighted by Crippen LogP contribution is 2.46. The number of nitrogens with zero attached hydrogens (tertiary/aromatic N) is 1. The summed E-state index contributed by atoms with van der Waals surface area (Å²) in [6.07, 6.45) is 8.68. The van der Waals surface area contributed by atoms with Crippen molar-refractivity contribution in [2.75, 3.05) is 13.1 Å². The Morgan fingerprint density at radius 1 is 1.16 bits per heavy atom. The number of rotatable bonds is 5. The summed E-state index contributed by atoms with van der Waals surface area (Å²) >= 11 is 1.62. The van der Waals surface area contributed by atoms with Crippen LogP contribution in [0.4, 0.5) is 0 Å². The monoisotopic (exact) mass is 436 g/mol. The number of fused-ring (bicyclic) bond motifs is 1. The lowest BCUT2D eigenvalue weighted by molar-refractivity contribution is -0.130. The summed E-state index contributed by atoms with van der Waals surface area (Å²) in [6.45, 7) is 1.35. The molecule has 1 aliphatic carbocycles. The highest BCUT2D eigenvalue weighted by Gasteiger charge is 2.44. The smallest absolute Gasteiger partial charge is 0.246 e. The second kappa shape index (κ2) is 8.50. The Morgan fingerprint density at radius 2 is 1.97 bits per heavy atom. The number of nitrogens with one attached hydrogen (secondary N) is 1. The van der Waals surface area contributed by atoms with Crippen LogP contribution in [0, 0.1) is 0 Å². The number of hydrogen-bond acceptors (Lipinski definition) is 4. The van der Waals surface area contributed by atoms with E-state index < -0.39 is 0 Å². The fourth-order valence-corrected chi connectivity index (χ4v) is 5.37. The van der Waals surface area contributed by atoms with E-state index in [1.165, 1.54) is 0 Å². The molecule has 1 N–H and O–H groups in total. The van der Waals surface area contributed by atoms with Crippen molar-refractivity contribution >= 4 is 29.2 Å². The Balaban J connectivity index is 1.25. The zero-order chi connectivity index (χ0) is 21.3. The summed E-state index contributed by atoms with van der Waals surface area (Å²) in [5, 5.41) is 5.14. The molecule has 2 aromatic rings. The predicted octanol–water partition coefficient (Wildman–Crippen LogP) is 4.36. The fraction of sp³-hybridized carbons (Fsp3) is 0.440. The van der Waals surface area contributed by atoms with Gasteiger partial charge < -0.3 is 15.0 Å². The second-order valence-corrected chi connectivity index (χ2v) is 9.92. The van der Waals surface area contributed by atoms with E-state index in [2.05, 4.69) is 11.4 Å². The molecule has 5 rings (SSSR count). The number of piperidine rings is 1. The first kappa shape index (κ1) is 20.3. The molecule has 0 radical (unpaired) electrons. The number of amides is 2. The van der Waals surface area contributed by atoms with Crippen LogP contribution in [-0.2, 0) is 9.59 Å². The van der Waals surface area contributed by atoms with Gasteiger partial charge in [-0.3, -0.25) is 9.59 Å². The molecule has 1 saturated heterocycles. The predicted molar refractivity (Wildman–Crippen MR) is 122 cm³/mol. The van der Waals surface area contributed by atoms with Crippen molar-refractivity contribution < 1.29 is 14.3 Å². The van der Waals surface area contributed by atoms with Crippen LogP contribution in [-0.4, -0.2) is 41.4 Å². The third-order valence-electron chi connectivity index (χ3n) is 6.60. The summed E-state index contributed by atoms with van der Waals surface area (Å²) in [4.78, 5) is 28.2. The number of likely N-dealkylation sites (tertiary alicyclic amines) is 1. The first-order valence-corrected chi connectivity index (χ1v) is 12.1. The highest BCUT2D eigenvalue weighted by molar-refractivity contribution is 7.10. The maximum atomic E-state index is 12.6. The molecule has 2 aliphatic heterocycles. The minimum atomic E-state index is -0.298. The average Bonchev–Trinajstić information content (AvgIpc) is 3.42. The molecule has 5 nitrogen and oxygen atoms in total. The van der Waals surface area contributed by atoms with Gasteiger partial charge in [-0.2, -0.15) is 0 Å². The van der Waals surface area contributed by atoms with Gasteiger partial charge in [0.2, 0.25) is 11.8 Å². The van der Waals surface area contributed by atoms with E-state index in [0.29, 0.717) is 25.6 Å². The quantitative estimate of drug-likeness (QED) is 0.709. The fourth-order valence-electron chi connectivity index (χ4n) is 4.75. The SMILES string of the molecule is O=C(CC1CC2(CCN(C(=O)/C=C/c3cccs3)CC2)Oc2ccccc21)NC1CC1. The van der Waals surface area contributed by atoms with Crippen molar-refractivity contribution in [3.8, 4) is 5.75 Å². The number of carbonyl (C=O) groups is 2. The summed E-state index contributed by atoms with van der Waals surface area (Å²) in [5.41, 5.74) is 0.837. The van der Waals surface area contributed by atoms with Gasteiger partial charge in [0.25, 0.3) is 0 Å².